The number of aliphatic hydroxyl groups is 1. The number of aromatic nitrogens is 1. The van der Waals surface area contributed by atoms with Gasteiger partial charge in [0.1, 0.15) is 16.7 Å². The van der Waals surface area contributed by atoms with Crippen molar-refractivity contribution in [2.24, 2.45) is 0 Å². The normalized spacial score (nSPS) is 17.2. The number of hydrogen-bond acceptors (Lipinski definition) is 6. The molecule has 0 bridgehead atoms. The van der Waals surface area contributed by atoms with Crippen LogP contribution in [-0.2, 0) is 10.0 Å². The molecule has 0 spiro atoms. The summed E-state index contributed by atoms with van der Waals surface area (Å²) in [7, 11) is -3.68. The molecular weight excluding hydrogens is 437 g/mol. The van der Waals surface area contributed by atoms with E-state index in [2.05, 4.69) is 14.6 Å². The van der Waals surface area contributed by atoms with Crippen LogP contribution in [0.4, 0.5) is 0 Å². The predicted octanol–water partition coefficient (Wildman–Crippen LogP) is 2.57. The standard InChI is InChI=1S/C19H23Cl2N3O4S/c20-18-4-3-16(10-19(18)21)28-15-5-8-24(9-6-15)13-14(25)11-23-29(26,27)17-2-1-7-22-12-17/h1-4,7,10,12,14-15,23,25H,5-6,8-9,11,13H2/t14-/m1/s1. The van der Waals surface area contributed by atoms with Crippen LogP contribution in [0, 0.1) is 0 Å². The number of nitrogens with zero attached hydrogens (tertiary/aromatic N) is 2. The van der Waals surface area contributed by atoms with E-state index in [4.69, 9.17) is 27.9 Å². The van der Waals surface area contributed by atoms with Crippen molar-refractivity contribution < 1.29 is 18.3 Å². The van der Waals surface area contributed by atoms with Gasteiger partial charge in [-0.25, -0.2) is 13.1 Å². The molecule has 2 heterocycles. The van der Waals surface area contributed by atoms with Crippen molar-refractivity contribution in [1.29, 1.82) is 0 Å². The van der Waals surface area contributed by atoms with Gasteiger partial charge in [0.15, 0.2) is 0 Å². The summed E-state index contributed by atoms with van der Waals surface area (Å²) in [5.74, 6) is 0.683. The lowest BCUT2D eigenvalue weighted by Gasteiger charge is -2.33. The summed E-state index contributed by atoms with van der Waals surface area (Å²) < 4.78 is 32.7. The number of halogens is 2. The van der Waals surface area contributed by atoms with Crippen molar-refractivity contribution in [1.82, 2.24) is 14.6 Å². The number of rotatable bonds is 8. The summed E-state index contributed by atoms with van der Waals surface area (Å²) in [5.41, 5.74) is 0. The molecule has 0 radical (unpaired) electrons. The summed E-state index contributed by atoms with van der Waals surface area (Å²) in [6, 6.07) is 8.21. The molecule has 1 saturated heterocycles. The average molecular weight is 460 g/mol. The van der Waals surface area contributed by atoms with Gasteiger partial charge in [0.2, 0.25) is 10.0 Å². The molecular formula is C19H23Cl2N3O4S. The first-order valence-corrected chi connectivity index (χ1v) is 11.5. The van der Waals surface area contributed by atoms with Crippen LogP contribution in [0.5, 0.6) is 5.75 Å². The highest BCUT2D eigenvalue weighted by Crippen LogP contribution is 2.28. The SMILES string of the molecule is O=S(=O)(NC[C@@H](O)CN1CCC(Oc2ccc(Cl)c(Cl)c2)CC1)c1cccnc1. The fourth-order valence-electron chi connectivity index (χ4n) is 3.11. The molecule has 3 rings (SSSR count). The fourth-order valence-corrected chi connectivity index (χ4v) is 4.43. The Morgan fingerprint density at radius 3 is 2.66 bits per heavy atom. The molecule has 0 amide bonds. The minimum Gasteiger partial charge on any atom is -0.490 e. The second-order valence-corrected chi connectivity index (χ2v) is 9.47. The maximum atomic E-state index is 12.2. The number of hydrogen-bond donors (Lipinski definition) is 2. The molecule has 1 aromatic carbocycles. The molecule has 1 aromatic heterocycles. The highest BCUT2D eigenvalue weighted by molar-refractivity contribution is 7.89. The zero-order valence-corrected chi connectivity index (χ0v) is 18.0. The molecule has 1 aliphatic rings. The second kappa shape index (κ2) is 10.1. The molecule has 0 saturated carbocycles. The van der Waals surface area contributed by atoms with Crippen LogP contribution in [0.2, 0.25) is 10.0 Å². The molecule has 2 N–H and O–H groups in total. The van der Waals surface area contributed by atoms with E-state index in [1.165, 1.54) is 18.5 Å². The van der Waals surface area contributed by atoms with Crippen LogP contribution in [0.1, 0.15) is 12.8 Å². The Bertz CT molecular complexity index is 907. The van der Waals surface area contributed by atoms with Crippen LogP contribution >= 0.6 is 23.2 Å². The molecule has 1 atom stereocenters. The van der Waals surface area contributed by atoms with Crippen LogP contribution < -0.4 is 9.46 Å². The van der Waals surface area contributed by atoms with Crippen LogP contribution in [0.3, 0.4) is 0 Å². The number of nitrogens with one attached hydrogen (secondary N) is 1. The van der Waals surface area contributed by atoms with Crippen molar-refractivity contribution in [3.05, 3.63) is 52.8 Å². The Kier molecular flexibility index (Phi) is 7.72. The number of piperidine rings is 1. The highest BCUT2D eigenvalue weighted by Gasteiger charge is 2.23. The molecule has 10 heteroatoms. The lowest BCUT2D eigenvalue weighted by molar-refractivity contribution is 0.0630. The highest BCUT2D eigenvalue weighted by atomic mass is 35.5. The molecule has 1 fully saturated rings. The van der Waals surface area contributed by atoms with Gasteiger partial charge in [-0.2, -0.15) is 0 Å². The van der Waals surface area contributed by atoms with Crippen molar-refractivity contribution in [3.63, 3.8) is 0 Å². The smallest absolute Gasteiger partial charge is 0.242 e. The molecule has 1 aliphatic heterocycles. The van der Waals surface area contributed by atoms with Gasteiger partial charge in [0, 0.05) is 44.6 Å². The maximum absolute atomic E-state index is 12.2. The Hall–Kier alpha value is -1.42. The van der Waals surface area contributed by atoms with Gasteiger partial charge in [0.05, 0.1) is 16.1 Å². The van der Waals surface area contributed by atoms with Crippen molar-refractivity contribution in [2.75, 3.05) is 26.2 Å². The van der Waals surface area contributed by atoms with E-state index in [0.717, 1.165) is 25.9 Å². The third-order valence-electron chi connectivity index (χ3n) is 4.65. The first kappa shape index (κ1) is 22.3. The number of benzene rings is 1. The topological polar surface area (TPSA) is 91.8 Å². The predicted molar refractivity (Wildman–Crippen MR) is 112 cm³/mol. The van der Waals surface area contributed by atoms with E-state index in [1.807, 2.05) is 0 Å². The van der Waals surface area contributed by atoms with Gasteiger partial charge in [-0.1, -0.05) is 23.2 Å². The zero-order chi connectivity index (χ0) is 20.9. The summed E-state index contributed by atoms with van der Waals surface area (Å²) in [6.07, 6.45) is 3.62. The molecule has 0 aliphatic carbocycles. The number of likely N-dealkylation sites (tertiary alicyclic amines) is 1. The number of β-amino-alcohol motifs (C(OH)–C–C–N with tert-alkyl or cyclic N) is 1. The fraction of sp³-hybridized carbons (Fsp3) is 0.421. The Morgan fingerprint density at radius 2 is 2.00 bits per heavy atom. The average Bonchev–Trinajstić information content (AvgIpc) is 2.71. The monoisotopic (exact) mass is 459 g/mol. The van der Waals surface area contributed by atoms with Gasteiger partial charge in [0.25, 0.3) is 0 Å². The van der Waals surface area contributed by atoms with E-state index in [-0.39, 0.29) is 17.5 Å². The summed E-state index contributed by atoms with van der Waals surface area (Å²) in [5, 5.41) is 11.2. The summed E-state index contributed by atoms with van der Waals surface area (Å²) in [4.78, 5) is 5.97. The Labute approximate surface area is 180 Å². The quantitative estimate of drug-likeness (QED) is 0.629. The number of sulfonamides is 1. The molecule has 29 heavy (non-hydrogen) atoms. The Balaban J connectivity index is 1.41. The summed E-state index contributed by atoms with van der Waals surface area (Å²) >= 11 is 11.9. The van der Waals surface area contributed by atoms with Gasteiger partial charge >= 0.3 is 0 Å². The minimum atomic E-state index is -3.68. The lowest BCUT2D eigenvalue weighted by atomic mass is 10.1. The molecule has 2 aromatic rings. The molecule has 7 nitrogen and oxygen atoms in total. The van der Waals surface area contributed by atoms with Gasteiger partial charge in [-0.3, -0.25) is 4.98 Å². The lowest BCUT2D eigenvalue weighted by Crippen LogP contribution is -2.45. The number of ether oxygens (including phenoxy) is 1. The number of pyridine rings is 1. The van der Waals surface area contributed by atoms with E-state index >= 15 is 0 Å². The van der Waals surface area contributed by atoms with Crippen LogP contribution in [-0.4, -0.2) is 61.8 Å². The van der Waals surface area contributed by atoms with E-state index in [0.29, 0.717) is 22.3 Å². The first-order valence-electron chi connectivity index (χ1n) is 9.25. The zero-order valence-electron chi connectivity index (χ0n) is 15.7. The number of aliphatic hydroxyl groups excluding tert-OH is 1. The van der Waals surface area contributed by atoms with Gasteiger partial charge in [-0.15, -0.1) is 0 Å². The van der Waals surface area contributed by atoms with Crippen molar-refractivity contribution in [3.8, 4) is 5.75 Å². The first-order chi connectivity index (χ1) is 13.8. The largest absolute Gasteiger partial charge is 0.490 e. The van der Waals surface area contributed by atoms with E-state index in [1.54, 1.807) is 24.3 Å². The summed E-state index contributed by atoms with van der Waals surface area (Å²) in [6.45, 7) is 1.82. The van der Waals surface area contributed by atoms with E-state index < -0.39 is 16.1 Å². The van der Waals surface area contributed by atoms with E-state index in [9.17, 15) is 13.5 Å². The third-order valence-corrected chi connectivity index (χ3v) is 6.80. The molecule has 0 unspecified atom stereocenters. The minimum absolute atomic E-state index is 0.0586. The molecule has 158 valence electrons. The maximum Gasteiger partial charge on any atom is 0.242 e. The third kappa shape index (κ3) is 6.53. The van der Waals surface area contributed by atoms with Crippen LogP contribution in [0.15, 0.2) is 47.6 Å². The second-order valence-electron chi connectivity index (χ2n) is 6.89. The van der Waals surface area contributed by atoms with Gasteiger partial charge < -0.3 is 14.7 Å². The Morgan fingerprint density at radius 1 is 1.24 bits per heavy atom. The van der Waals surface area contributed by atoms with Gasteiger partial charge in [-0.05, 0) is 37.1 Å². The van der Waals surface area contributed by atoms with Crippen molar-refractivity contribution in [2.45, 2.75) is 29.9 Å². The van der Waals surface area contributed by atoms with Crippen molar-refractivity contribution >= 4 is 33.2 Å². The van der Waals surface area contributed by atoms with Crippen LogP contribution in [0.25, 0.3) is 0 Å².